The standard InChI is InChI=1S/C37H32ClFN2O8/c1-37-26(34(46)41(36(37)48)20-7-12-28(39)27(38)15-20)17-25-22(10-11-24-31(25)35(47)40(33(24)45)14-13-30(43)44)32(37)23-9-8-21(16-29(23)42)49-18-19-5-3-2-4-6-19/h2-10,12,15-16,24-26,31-32,42H,11,13-14,17-18H2,1H3,(H,43,44)/t24-,25+,26-,31-,32+,37+/m0/s1. The minimum absolute atomic E-state index is 0.0564. The van der Waals surface area contributed by atoms with Crippen LogP contribution in [0, 0.1) is 34.9 Å². The quantitative estimate of drug-likeness (QED) is 0.235. The van der Waals surface area contributed by atoms with Gasteiger partial charge in [-0.3, -0.25) is 28.9 Å². The van der Waals surface area contributed by atoms with Crippen molar-refractivity contribution in [1.29, 1.82) is 0 Å². The van der Waals surface area contributed by atoms with Crippen molar-refractivity contribution < 1.29 is 43.3 Å². The lowest BCUT2D eigenvalue weighted by molar-refractivity contribution is -0.142. The topological polar surface area (TPSA) is 142 Å². The number of carboxylic acids is 1. The fourth-order valence-electron chi connectivity index (χ4n) is 8.32. The number of fused-ring (bicyclic) bond motifs is 4. The Morgan fingerprint density at radius 3 is 2.45 bits per heavy atom. The Balaban J connectivity index is 1.31. The number of rotatable bonds is 8. The molecule has 2 heterocycles. The van der Waals surface area contributed by atoms with Crippen molar-refractivity contribution in [3.05, 3.63) is 100 Å². The third-order valence-electron chi connectivity index (χ3n) is 10.6. The van der Waals surface area contributed by atoms with Crippen LogP contribution in [0.3, 0.4) is 0 Å². The van der Waals surface area contributed by atoms with Crippen LogP contribution < -0.4 is 9.64 Å². The van der Waals surface area contributed by atoms with Crippen LogP contribution in [0.15, 0.2) is 78.4 Å². The van der Waals surface area contributed by atoms with Crippen LogP contribution in [0.4, 0.5) is 10.1 Å². The number of carbonyl (C=O) groups is 5. The van der Waals surface area contributed by atoms with Crippen molar-refractivity contribution in [1.82, 2.24) is 4.90 Å². The lowest BCUT2D eigenvalue weighted by atomic mass is 9.51. The van der Waals surface area contributed by atoms with Gasteiger partial charge in [0.1, 0.15) is 23.9 Å². The normalized spacial score (nSPS) is 27.5. The third kappa shape index (κ3) is 5.18. The Morgan fingerprint density at radius 2 is 1.76 bits per heavy atom. The molecule has 0 aromatic heterocycles. The molecule has 252 valence electrons. The summed E-state index contributed by atoms with van der Waals surface area (Å²) in [6.45, 7) is 1.64. The van der Waals surface area contributed by atoms with E-state index < -0.39 is 76.8 Å². The van der Waals surface area contributed by atoms with Crippen LogP contribution in [0.5, 0.6) is 11.5 Å². The summed E-state index contributed by atoms with van der Waals surface area (Å²) in [6.07, 6.45) is 1.65. The first-order valence-electron chi connectivity index (χ1n) is 16.0. The molecule has 3 aromatic rings. The average molecular weight is 687 g/mol. The van der Waals surface area contributed by atoms with Crippen molar-refractivity contribution >= 4 is 46.9 Å². The predicted octanol–water partition coefficient (Wildman–Crippen LogP) is 5.47. The third-order valence-corrected chi connectivity index (χ3v) is 10.9. The molecule has 4 amide bonds. The lowest BCUT2D eigenvalue weighted by Gasteiger charge is -2.49. The molecule has 7 rings (SSSR count). The van der Waals surface area contributed by atoms with Crippen molar-refractivity contribution in [2.24, 2.45) is 29.1 Å². The van der Waals surface area contributed by atoms with Gasteiger partial charge in [-0.25, -0.2) is 9.29 Å². The van der Waals surface area contributed by atoms with E-state index in [4.69, 9.17) is 16.3 Å². The largest absolute Gasteiger partial charge is 0.508 e. The van der Waals surface area contributed by atoms with E-state index in [1.54, 1.807) is 19.1 Å². The molecule has 0 bridgehead atoms. The molecule has 3 aromatic carbocycles. The smallest absolute Gasteiger partial charge is 0.305 e. The molecule has 2 aliphatic carbocycles. The Morgan fingerprint density at radius 1 is 1.00 bits per heavy atom. The Labute approximate surface area is 285 Å². The minimum Gasteiger partial charge on any atom is -0.508 e. The first-order valence-corrected chi connectivity index (χ1v) is 16.4. The predicted molar refractivity (Wildman–Crippen MR) is 174 cm³/mol. The first-order chi connectivity index (χ1) is 23.4. The van der Waals surface area contributed by atoms with Gasteiger partial charge in [0.2, 0.25) is 23.6 Å². The number of allylic oxidation sites excluding steroid dienone is 2. The number of likely N-dealkylation sites (tertiary alicyclic amines) is 1. The number of hydrogen-bond acceptors (Lipinski definition) is 7. The van der Waals surface area contributed by atoms with Gasteiger partial charge in [-0.15, -0.1) is 0 Å². The van der Waals surface area contributed by atoms with Crippen LogP contribution >= 0.6 is 11.6 Å². The number of aliphatic carboxylic acids is 1. The molecule has 1 saturated carbocycles. The number of amides is 4. The maximum absolute atomic E-state index is 14.6. The summed E-state index contributed by atoms with van der Waals surface area (Å²) in [7, 11) is 0. The molecule has 2 aliphatic heterocycles. The summed E-state index contributed by atoms with van der Waals surface area (Å²) < 4.78 is 20.1. The van der Waals surface area contributed by atoms with E-state index in [0.717, 1.165) is 21.4 Å². The lowest BCUT2D eigenvalue weighted by Crippen LogP contribution is -2.48. The summed E-state index contributed by atoms with van der Waals surface area (Å²) in [5.41, 5.74) is 0.545. The Bertz CT molecular complexity index is 1950. The van der Waals surface area contributed by atoms with Gasteiger partial charge in [0.25, 0.3) is 0 Å². The molecule has 0 spiro atoms. The molecule has 10 nitrogen and oxygen atoms in total. The highest BCUT2D eigenvalue weighted by atomic mass is 35.5. The molecular formula is C37H32ClFN2O8. The molecule has 4 aliphatic rings. The fraction of sp³-hybridized carbons (Fsp3) is 0.324. The number of anilines is 1. The molecule has 49 heavy (non-hydrogen) atoms. The second-order valence-electron chi connectivity index (χ2n) is 13.2. The number of carboxylic acid groups (broad SMARTS) is 1. The van der Waals surface area contributed by atoms with Crippen molar-refractivity contribution in [3.8, 4) is 11.5 Å². The zero-order chi connectivity index (χ0) is 34.8. The molecule has 12 heteroatoms. The number of benzene rings is 3. The highest BCUT2D eigenvalue weighted by Gasteiger charge is 2.67. The zero-order valence-corrected chi connectivity index (χ0v) is 27.1. The summed E-state index contributed by atoms with van der Waals surface area (Å²) in [6, 6.07) is 17.8. The monoisotopic (exact) mass is 686 g/mol. The van der Waals surface area contributed by atoms with E-state index >= 15 is 0 Å². The van der Waals surface area contributed by atoms with Crippen molar-refractivity contribution in [2.45, 2.75) is 38.7 Å². The van der Waals surface area contributed by atoms with E-state index in [2.05, 4.69) is 0 Å². The maximum atomic E-state index is 14.6. The second kappa shape index (κ2) is 12.1. The van der Waals surface area contributed by atoms with Crippen molar-refractivity contribution in [2.75, 3.05) is 11.4 Å². The molecular weight excluding hydrogens is 655 g/mol. The van der Waals surface area contributed by atoms with Crippen molar-refractivity contribution in [3.63, 3.8) is 0 Å². The Kier molecular flexibility index (Phi) is 8.05. The summed E-state index contributed by atoms with van der Waals surface area (Å²) >= 11 is 6.06. The molecule has 2 saturated heterocycles. The number of phenols is 1. The molecule has 6 atom stereocenters. The summed E-state index contributed by atoms with van der Waals surface area (Å²) in [5, 5.41) is 20.5. The van der Waals surface area contributed by atoms with E-state index in [-0.39, 0.29) is 42.5 Å². The highest BCUT2D eigenvalue weighted by Crippen LogP contribution is 2.64. The van der Waals surface area contributed by atoms with Crippen LogP contribution in [0.2, 0.25) is 5.02 Å². The van der Waals surface area contributed by atoms with Gasteiger partial charge < -0.3 is 14.9 Å². The molecule has 2 N–H and O–H groups in total. The number of ether oxygens (including phenoxy) is 1. The van der Waals surface area contributed by atoms with Crippen LogP contribution in [-0.4, -0.2) is 51.3 Å². The van der Waals surface area contributed by atoms with Crippen LogP contribution in [0.25, 0.3) is 0 Å². The van der Waals surface area contributed by atoms with Gasteiger partial charge in [-0.05, 0) is 55.5 Å². The second-order valence-corrected chi connectivity index (χ2v) is 13.6. The van der Waals surface area contributed by atoms with Gasteiger partial charge in [0, 0.05) is 24.1 Å². The molecule has 0 radical (unpaired) electrons. The van der Waals surface area contributed by atoms with E-state index in [1.165, 1.54) is 18.2 Å². The van der Waals surface area contributed by atoms with Gasteiger partial charge in [0.05, 0.1) is 40.3 Å². The van der Waals surface area contributed by atoms with Crippen LogP contribution in [-0.2, 0) is 30.6 Å². The first kappa shape index (κ1) is 32.5. The Hall–Kier alpha value is -5.03. The van der Waals surface area contributed by atoms with Gasteiger partial charge >= 0.3 is 5.97 Å². The number of phenolic OH excluding ortho intramolecular Hbond substituents is 1. The summed E-state index contributed by atoms with van der Waals surface area (Å²) in [5.74, 6) is -7.95. The van der Waals surface area contributed by atoms with Crippen LogP contribution in [0.1, 0.15) is 43.2 Å². The SMILES string of the molecule is C[C@@]12C(=O)N(c3ccc(F)c(Cl)c3)C(=O)[C@@H]1C[C@@H]1C(=CC[C@@H]3C(=O)N(CCC(=O)O)C(=O)[C@@H]31)[C@@H]2c1ccc(OCc2ccccc2)cc1O. The number of nitrogens with zero attached hydrogens (tertiary/aromatic N) is 2. The zero-order valence-electron chi connectivity index (χ0n) is 26.3. The minimum atomic E-state index is -1.45. The van der Waals surface area contributed by atoms with E-state index in [9.17, 15) is 38.6 Å². The number of carbonyl (C=O) groups excluding carboxylic acids is 4. The fourth-order valence-corrected chi connectivity index (χ4v) is 8.50. The molecule has 0 unspecified atom stereocenters. The van der Waals surface area contributed by atoms with E-state index in [1.807, 2.05) is 36.4 Å². The molecule has 3 fully saturated rings. The maximum Gasteiger partial charge on any atom is 0.305 e. The summed E-state index contributed by atoms with van der Waals surface area (Å²) in [4.78, 5) is 69.4. The number of halogens is 2. The van der Waals surface area contributed by atoms with Gasteiger partial charge in [0.15, 0.2) is 0 Å². The number of imide groups is 2. The highest BCUT2D eigenvalue weighted by molar-refractivity contribution is 6.31. The average Bonchev–Trinajstić information content (AvgIpc) is 3.44. The number of aromatic hydroxyl groups is 1. The van der Waals surface area contributed by atoms with Gasteiger partial charge in [-0.1, -0.05) is 59.6 Å². The van der Waals surface area contributed by atoms with Gasteiger partial charge in [-0.2, -0.15) is 0 Å². The van der Waals surface area contributed by atoms with E-state index in [0.29, 0.717) is 16.9 Å². The number of hydrogen-bond donors (Lipinski definition) is 2.